The first-order chi connectivity index (χ1) is 8.43. The lowest BCUT2D eigenvalue weighted by Gasteiger charge is -2.29. The van der Waals surface area contributed by atoms with E-state index in [1.807, 2.05) is 6.92 Å². The summed E-state index contributed by atoms with van der Waals surface area (Å²) in [4.78, 5) is 12.0. The van der Waals surface area contributed by atoms with Crippen LogP contribution in [-0.2, 0) is 0 Å². The van der Waals surface area contributed by atoms with Crippen molar-refractivity contribution in [2.45, 2.75) is 32.2 Å². The summed E-state index contributed by atoms with van der Waals surface area (Å²) < 4.78 is 0. The van der Waals surface area contributed by atoms with Gasteiger partial charge in [-0.2, -0.15) is 0 Å². The van der Waals surface area contributed by atoms with E-state index in [4.69, 9.17) is 5.11 Å². The molecule has 1 rings (SSSR count). The lowest BCUT2D eigenvalue weighted by atomic mass is 9.94. The zero-order valence-electron chi connectivity index (χ0n) is 10.6. The lowest BCUT2D eigenvalue weighted by Crippen LogP contribution is -2.46. The Morgan fingerprint density at radius 2 is 1.89 bits per heavy atom. The molecule has 0 bridgehead atoms. The second-order valence-electron chi connectivity index (χ2n) is 4.51. The molecule has 5 nitrogen and oxygen atoms in total. The van der Waals surface area contributed by atoms with E-state index in [1.165, 1.54) is 18.2 Å². The van der Waals surface area contributed by atoms with Gasteiger partial charge in [0.25, 0.3) is 5.91 Å². The number of carbonyl (C=O) groups is 1. The normalized spacial score (nSPS) is 13.9. The summed E-state index contributed by atoms with van der Waals surface area (Å²) in [6.45, 7) is 3.65. The van der Waals surface area contributed by atoms with Crippen LogP contribution in [0.4, 0.5) is 0 Å². The van der Waals surface area contributed by atoms with E-state index < -0.39 is 11.4 Å². The van der Waals surface area contributed by atoms with E-state index in [-0.39, 0.29) is 23.7 Å². The van der Waals surface area contributed by atoms with Crippen LogP contribution >= 0.6 is 0 Å². The minimum atomic E-state index is -0.569. The van der Waals surface area contributed by atoms with Crippen LogP contribution in [0.5, 0.6) is 11.5 Å². The molecule has 0 saturated heterocycles. The molecule has 0 aliphatic heterocycles. The van der Waals surface area contributed by atoms with Crippen LogP contribution in [-0.4, -0.2) is 33.4 Å². The smallest absolute Gasteiger partial charge is 0.259 e. The first kappa shape index (κ1) is 14.3. The van der Waals surface area contributed by atoms with E-state index in [2.05, 4.69) is 5.32 Å². The maximum Gasteiger partial charge on any atom is 0.259 e. The second kappa shape index (κ2) is 5.73. The van der Waals surface area contributed by atoms with E-state index in [9.17, 15) is 15.0 Å². The van der Waals surface area contributed by atoms with E-state index in [0.29, 0.717) is 12.8 Å². The summed E-state index contributed by atoms with van der Waals surface area (Å²) >= 11 is 0. The highest BCUT2D eigenvalue weighted by Crippen LogP contribution is 2.27. The molecule has 1 amide bonds. The molecule has 0 heterocycles. The monoisotopic (exact) mass is 253 g/mol. The number of phenols is 2. The molecule has 1 atom stereocenters. The average molecular weight is 253 g/mol. The van der Waals surface area contributed by atoms with E-state index in [0.717, 1.165) is 0 Å². The predicted molar refractivity (Wildman–Crippen MR) is 67.6 cm³/mol. The molecule has 1 aromatic rings. The molecule has 1 aromatic carbocycles. The highest BCUT2D eigenvalue weighted by molar-refractivity contribution is 5.99. The van der Waals surface area contributed by atoms with E-state index >= 15 is 0 Å². The van der Waals surface area contributed by atoms with Crippen molar-refractivity contribution >= 4 is 5.91 Å². The molecule has 0 saturated carbocycles. The Kier molecular flexibility index (Phi) is 4.55. The maximum atomic E-state index is 12.0. The number of rotatable bonds is 5. The highest BCUT2D eigenvalue weighted by Gasteiger charge is 2.26. The molecule has 1 unspecified atom stereocenters. The van der Waals surface area contributed by atoms with Crippen LogP contribution in [0.1, 0.15) is 37.0 Å². The number of phenolic OH excluding ortho intramolecular Hbond substituents is 2. The maximum absolute atomic E-state index is 12.0. The fourth-order valence-electron chi connectivity index (χ4n) is 1.67. The number of carbonyl (C=O) groups excluding carboxylic acids is 1. The third-order valence-electron chi connectivity index (χ3n) is 3.11. The van der Waals surface area contributed by atoms with Crippen LogP contribution in [0.2, 0.25) is 0 Å². The van der Waals surface area contributed by atoms with Gasteiger partial charge in [-0.05, 0) is 31.9 Å². The van der Waals surface area contributed by atoms with Crippen molar-refractivity contribution in [3.05, 3.63) is 23.8 Å². The van der Waals surface area contributed by atoms with Gasteiger partial charge in [0, 0.05) is 12.1 Å². The van der Waals surface area contributed by atoms with Crippen LogP contribution in [0.15, 0.2) is 18.2 Å². The number of aliphatic hydroxyl groups excluding tert-OH is 1. The van der Waals surface area contributed by atoms with Gasteiger partial charge in [-0.3, -0.25) is 4.79 Å². The van der Waals surface area contributed by atoms with Crippen LogP contribution in [0.25, 0.3) is 0 Å². The van der Waals surface area contributed by atoms with Crippen molar-refractivity contribution in [1.29, 1.82) is 0 Å². The minimum absolute atomic E-state index is 0.0443. The van der Waals surface area contributed by atoms with Gasteiger partial charge in [0.15, 0.2) is 0 Å². The van der Waals surface area contributed by atoms with Gasteiger partial charge in [0.1, 0.15) is 17.1 Å². The average Bonchev–Trinajstić information content (AvgIpc) is 2.29. The summed E-state index contributed by atoms with van der Waals surface area (Å²) in [6, 6.07) is 4.13. The zero-order chi connectivity index (χ0) is 13.8. The third kappa shape index (κ3) is 3.13. The zero-order valence-corrected chi connectivity index (χ0v) is 10.6. The van der Waals surface area contributed by atoms with Gasteiger partial charge in [-0.25, -0.2) is 0 Å². The summed E-state index contributed by atoms with van der Waals surface area (Å²) in [7, 11) is 0. The largest absolute Gasteiger partial charge is 0.507 e. The second-order valence-corrected chi connectivity index (χ2v) is 4.51. The number of aliphatic hydroxyl groups is 1. The van der Waals surface area contributed by atoms with Crippen molar-refractivity contribution in [3.8, 4) is 11.5 Å². The molecule has 18 heavy (non-hydrogen) atoms. The number of benzene rings is 1. The van der Waals surface area contributed by atoms with Crippen molar-refractivity contribution in [2.75, 3.05) is 6.61 Å². The Hall–Kier alpha value is -1.75. The van der Waals surface area contributed by atoms with Crippen molar-refractivity contribution in [1.82, 2.24) is 5.32 Å². The van der Waals surface area contributed by atoms with Crippen LogP contribution < -0.4 is 5.32 Å². The molecule has 0 aliphatic rings. The Labute approximate surface area is 106 Å². The van der Waals surface area contributed by atoms with Gasteiger partial charge in [0.2, 0.25) is 0 Å². The summed E-state index contributed by atoms with van der Waals surface area (Å²) in [5.41, 5.74) is -0.712. The first-order valence-electron chi connectivity index (χ1n) is 5.88. The molecular formula is C13H19NO4. The molecular weight excluding hydrogens is 234 g/mol. The molecule has 0 aliphatic carbocycles. The molecule has 0 radical (unpaired) electrons. The summed E-state index contributed by atoms with van der Waals surface area (Å²) in [6.07, 6.45) is 1.04. The van der Waals surface area contributed by atoms with Gasteiger partial charge >= 0.3 is 0 Å². The Balaban J connectivity index is 2.95. The number of amides is 1. The number of nitrogens with one attached hydrogen (secondary N) is 1. The molecule has 5 heteroatoms. The quantitative estimate of drug-likeness (QED) is 0.638. The van der Waals surface area contributed by atoms with Crippen LogP contribution in [0, 0.1) is 0 Å². The van der Waals surface area contributed by atoms with E-state index in [1.54, 1.807) is 6.92 Å². The van der Waals surface area contributed by atoms with Gasteiger partial charge in [-0.15, -0.1) is 0 Å². The number of aromatic hydroxyl groups is 2. The molecule has 0 fully saturated rings. The summed E-state index contributed by atoms with van der Waals surface area (Å²) in [5, 5.41) is 30.9. The Morgan fingerprint density at radius 3 is 2.33 bits per heavy atom. The molecule has 0 aromatic heterocycles. The fourth-order valence-corrected chi connectivity index (χ4v) is 1.67. The molecule has 100 valence electrons. The fraction of sp³-hybridized carbons (Fsp3) is 0.462. The Bertz CT molecular complexity index is 413. The van der Waals surface area contributed by atoms with Crippen molar-refractivity contribution in [2.24, 2.45) is 0 Å². The Morgan fingerprint density at radius 1 is 1.33 bits per heavy atom. The van der Waals surface area contributed by atoms with Gasteiger partial charge < -0.3 is 20.6 Å². The minimum Gasteiger partial charge on any atom is -0.507 e. The SMILES string of the molecule is CCC(C)(CCO)NC(=O)c1c(O)cccc1O. The number of hydrogen-bond acceptors (Lipinski definition) is 4. The molecule has 4 N–H and O–H groups in total. The topological polar surface area (TPSA) is 89.8 Å². The van der Waals surface area contributed by atoms with Crippen molar-refractivity contribution < 1.29 is 20.1 Å². The number of hydrogen-bond donors (Lipinski definition) is 4. The molecule has 0 spiro atoms. The summed E-state index contributed by atoms with van der Waals surface area (Å²) in [5.74, 6) is -1.09. The standard InChI is InChI=1S/C13H19NO4/c1-3-13(2,7-8-15)14-12(18)11-9(16)5-4-6-10(11)17/h4-6,15-17H,3,7-8H2,1-2H3,(H,14,18). The highest BCUT2D eigenvalue weighted by atomic mass is 16.3. The lowest BCUT2D eigenvalue weighted by molar-refractivity contribution is 0.0880. The van der Waals surface area contributed by atoms with Gasteiger partial charge in [-0.1, -0.05) is 13.0 Å². The van der Waals surface area contributed by atoms with Crippen LogP contribution in [0.3, 0.4) is 0 Å². The van der Waals surface area contributed by atoms with Gasteiger partial charge in [0.05, 0.1) is 0 Å². The first-order valence-corrected chi connectivity index (χ1v) is 5.88. The van der Waals surface area contributed by atoms with Crippen molar-refractivity contribution in [3.63, 3.8) is 0 Å². The predicted octanol–water partition coefficient (Wildman–Crippen LogP) is 1.38. The third-order valence-corrected chi connectivity index (χ3v) is 3.11.